The van der Waals surface area contributed by atoms with Crippen LogP contribution in [0.2, 0.25) is 0 Å². The second-order valence-electron chi connectivity index (χ2n) is 3.67. The SMILES string of the molecule is C=CCc1sccc1CCCCCC. The standard InChI is InChI=1S/C13H20S/c1-3-5-6-7-9-12-10-11-14-13(12)8-4-2/h4,10-11H,2-3,5-9H2,1H3. The van der Waals surface area contributed by atoms with Crippen LogP contribution in [0.4, 0.5) is 0 Å². The maximum absolute atomic E-state index is 3.79. The largest absolute Gasteiger partial charge is 0.148 e. The average Bonchev–Trinajstić information content (AvgIpc) is 2.61. The normalized spacial score (nSPS) is 10.4. The van der Waals surface area contributed by atoms with Crippen LogP contribution >= 0.6 is 11.3 Å². The van der Waals surface area contributed by atoms with Gasteiger partial charge in [0.2, 0.25) is 0 Å². The van der Waals surface area contributed by atoms with Crippen molar-refractivity contribution in [1.29, 1.82) is 0 Å². The van der Waals surface area contributed by atoms with Gasteiger partial charge >= 0.3 is 0 Å². The van der Waals surface area contributed by atoms with E-state index < -0.39 is 0 Å². The van der Waals surface area contributed by atoms with Gasteiger partial charge in [0, 0.05) is 4.88 Å². The van der Waals surface area contributed by atoms with E-state index in [1.165, 1.54) is 37.0 Å². The highest BCUT2D eigenvalue weighted by atomic mass is 32.1. The number of hydrogen-bond donors (Lipinski definition) is 0. The van der Waals surface area contributed by atoms with Crippen LogP contribution in [0.1, 0.15) is 43.0 Å². The van der Waals surface area contributed by atoms with Crippen LogP contribution in [0.5, 0.6) is 0 Å². The summed E-state index contributed by atoms with van der Waals surface area (Å²) < 4.78 is 0. The van der Waals surface area contributed by atoms with Crippen molar-refractivity contribution < 1.29 is 0 Å². The quantitative estimate of drug-likeness (QED) is 0.454. The predicted octanol–water partition coefficient (Wildman–Crippen LogP) is 4.60. The van der Waals surface area contributed by atoms with Gasteiger partial charge in [0.15, 0.2) is 0 Å². The molecule has 0 atom stereocenters. The van der Waals surface area contributed by atoms with Crippen molar-refractivity contribution in [3.63, 3.8) is 0 Å². The zero-order chi connectivity index (χ0) is 10.2. The van der Waals surface area contributed by atoms with Gasteiger partial charge in [0.1, 0.15) is 0 Å². The van der Waals surface area contributed by atoms with Crippen LogP contribution in [-0.4, -0.2) is 0 Å². The second-order valence-corrected chi connectivity index (χ2v) is 4.67. The lowest BCUT2D eigenvalue weighted by molar-refractivity contribution is 0.666. The molecule has 0 spiro atoms. The maximum atomic E-state index is 3.79. The lowest BCUT2D eigenvalue weighted by atomic mass is 10.1. The summed E-state index contributed by atoms with van der Waals surface area (Å²) >= 11 is 1.87. The Morgan fingerprint density at radius 2 is 2.21 bits per heavy atom. The van der Waals surface area contributed by atoms with Crippen molar-refractivity contribution >= 4 is 11.3 Å². The van der Waals surface area contributed by atoms with Crippen LogP contribution < -0.4 is 0 Å². The molecule has 1 heteroatoms. The number of thiophene rings is 1. The number of rotatable bonds is 7. The minimum Gasteiger partial charge on any atom is -0.148 e. The lowest BCUT2D eigenvalue weighted by Crippen LogP contribution is -1.88. The van der Waals surface area contributed by atoms with Gasteiger partial charge in [-0.1, -0.05) is 32.3 Å². The Morgan fingerprint density at radius 3 is 2.93 bits per heavy atom. The van der Waals surface area contributed by atoms with Crippen molar-refractivity contribution in [2.24, 2.45) is 0 Å². The molecule has 14 heavy (non-hydrogen) atoms. The van der Waals surface area contributed by atoms with E-state index in [4.69, 9.17) is 0 Å². The van der Waals surface area contributed by atoms with E-state index in [1.807, 2.05) is 17.4 Å². The van der Waals surface area contributed by atoms with E-state index in [-0.39, 0.29) is 0 Å². The zero-order valence-corrected chi connectivity index (χ0v) is 9.91. The van der Waals surface area contributed by atoms with Gasteiger partial charge in [-0.15, -0.1) is 17.9 Å². The summed E-state index contributed by atoms with van der Waals surface area (Å²) in [7, 11) is 0. The molecule has 0 aliphatic carbocycles. The number of unbranched alkanes of at least 4 members (excludes halogenated alkanes) is 3. The summed E-state index contributed by atoms with van der Waals surface area (Å²) in [6, 6.07) is 2.27. The van der Waals surface area contributed by atoms with Crippen molar-refractivity contribution in [2.45, 2.75) is 45.4 Å². The summed E-state index contributed by atoms with van der Waals surface area (Å²) in [4.78, 5) is 1.51. The fourth-order valence-electron chi connectivity index (χ4n) is 1.64. The molecule has 1 aromatic heterocycles. The first-order valence-electron chi connectivity index (χ1n) is 5.54. The second kappa shape index (κ2) is 6.83. The van der Waals surface area contributed by atoms with E-state index in [2.05, 4.69) is 24.9 Å². The van der Waals surface area contributed by atoms with E-state index in [9.17, 15) is 0 Å². The van der Waals surface area contributed by atoms with Crippen molar-refractivity contribution in [3.8, 4) is 0 Å². The Balaban J connectivity index is 2.33. The maximum Gasteiger partial charge on any atom is 0.0115 e. The molecule has 0 nitrogen and oxygen atoms in total. The number of hydrogen-bond acceptors (Lipinski definition) is 1. The van der Waals surface area contributed by atoms with Crippen LogP contribution in [0.25, 0.3) is 0 Å². The molecule has 1 rings (SSSR count). The molecule has 0 saturated heterocycles. The fraction of sp³-hybridized carbons (Fsp3) is 0.538. The minimum atomic E-state index is 1.04. The third-order valence-corrected chi connectivity index (χ3v) is 3.45. The summed E-state index contributed by atoms with van der Waals surface area (Å²) in [6.07, 6.45) is 9.72. The molecule has 0 aliphatic rings. The average molecular weight is 208 g/mol. The summed E-state index contributed by atoms with van der Waals surface area (Å²) in [5, 5.41) is 2.20. The molecule has 1 aromatic rings. The van der Waals surface area contributed by atoms with Gasteiger partial charge in [0.25, 0.3) is 0 Å². The molecule has 0 amide bonds. The Hall–Kier alpha value is -0.560. The van der Waals surface area contributed by atoms with E-state index >= 15 is 0 Å². The predicted molar refractivity (Wildman–Crippen MR) is 66.1 cm³/mol. The summed E-state index contributed by atoms with van der Waals surface area (Å²) in [6.45, 7) is 6.05. The number of aryl methyl sites for hydroxylation is 1. The Kier molecular flexibility index (Phi) is 5.62. The highest BCUT2D eigenvalue weighted by molar-refractivity contribution is 7.10. The molecule has 0 fully saturated rings. The van der Waals surface area contributed by atoms with Gasteiger partial charge in [-0.2, -0.15) is 0 Å². The zero-order valence-electron chi connectivity index (χ0n) is 9.09. The van der Waals surface area contributed by atoms with E-state index in [1.54, 1.807) is 5.56 Å². The van der Waals surface area contributed by atoms with Gasteiger partial charge in [0.05, 0.1) is 0 Å². The molecule has 0 bridgehead atoms. The van der Waals surface area contributed by atoms with E-state index in [0.717, 1.165) is 6.42 Å². The first-order valence-corrected chi connectivity index (χ1v) is 6.42. The van der Waals surface area contributed by atoms with Crippen LogP contribution in [0.15, 0.2) is 24.1 Å². The van der Waals surface area contributed by atoms with Gasteiger partial charge in [-0.25, -0.2) is 0 Å². The highest BCUT2D eigenvalue weighted by Crippen LogP contribution is 2.20. The fourth-order valence-corrected chi connectivity index (χ4v) is 2.57. The van der Waals surface area contributed by atoms with Crippen molar-refractivity contribution in [3.05, 3.63) is 34.5 Å². The molecule has 78 valence electrons. The minimum absolute atomic E-state index is 1.04. The van der Waals surface area contributed by atoms with Gasteiger partial charge in [-0.3, -0.25) is 0 Å². The van der Waals surface area contributed by atoms with Crippen molar-refractivity contribution in [2.75, 3.05) is 0 Å². The topological polar surface area (TPSA) is 0 Å². The monoisotopic (exact) mass is 208 g/mol. The Bertz CT molecular complexity index is 260. The van der Waals surface area contributed by atoms with Crippen LogP contribution in [-0.2, 0) is 12.8 Å². The van der Waals surface area contributed by atoms with Gasteiger partial charge < -0.3 is 0 Å². The molecule has 0 saturated carbocycles. The molecule has 1 heterocycles. The Morgan fingerprint density at radius 1 is 1.36 bits per heavy atom. The molecule has 0 radical (unpaired) electrons. The third kappa shape index (κ3) is 3.67. The Labute approximate surface area is 91.7 Å². The summed E-state index contributed by atoms with van der Waals surface area (Å²) in [5.74, 6) is 0. The molecular formula is C13H20S. The van der Waals surface area contributed by atoms with Crippen molar-refractivity contribution in [1.82, 2.24) is 0 Å². The molecule has 0 unspecified atom stereocenters. The smallest absolute Gasteiger partial charge is 0.0115 e. The highest BCUT2D eigenvalue weighted by Gasteiger charge is 2.01. The summed E-state index contributed by atoms with van der Waals surface area (Å²) in [5.41, 5.74) is 1.55. The van der Waals surface area contributed by atoms with E-state index in [0.29, 0.717) is 0 Å². The first kappa shape index (κ1) is 11.5. The molecule has 0 N–H and O–H groups in total. The number of allylic oxidation sites excluding steroid dienone is 1. The van der Waals surface area contributed by atoms with Gasteiger partial charge in [-0.05, 0) is 36.3 Å². The van der Waals surface area contributed by atoms with Crippen LogP contribution in [0, 0.1) is 0 Å². The molecule has 0 aromatic carbocycles. The third-order valence-electron chi connectivity index (χ3n) is 2.47. The molecular weight excluding hydrogens is 188 g/mol. The molecule has 0 aliphatic heterocycles. The lowest BCUT2D eigenvalue weighted by Gasteiger charge is -2.01. The first-order chi connectivity index (χ1) is 6.88. The van der Waals surface area contributed by atoms with Crippen LogP contribution in [0.3, 0.4) is 0 Å².